The molecule has 0 spiro atoms. The molecule has 0 aromatic heterocycles. The summed E-state index contributed by atoms with van der Waals surface area (Å²) >= 11 is 0. The van der Waals surface area contributed by atoms with E-state index in [9.17, 15) is 4.79 Å². The Hall–Kier alpha value is -0.690. The van der Waals surface area contributed by atoms with Gasteiger partial charge in [0.1, 0.15) is 12.2 Å². The van der Waals surface area contributed by atoms with Crippen LogP contribution in [0.25, 0.3) is 0 Å². The van der Waals surface area contributed by atoms with Crippen LogP contribution in [0.5, 0.6) is 0 Å². The number of esters is 1. The molecule has 0 amide bonds. The van der Waals surface area contributed by atoms with E-state index in [1.807, 2.05) is 0 Å². The number of carbonyl (C=O) groups is 1. The monoisotopic (exact) mass is 176 g/mol. The lowest BCUT2D eigenvalue weighted by molar-refractivity contribution is -0.168. The largest absolute Gasteiger partial charge is 0.454 e. The van der Waals surface area contributed by atoms with E-state index in [1.165, 1.54) is 0 Å². The first-order valence-corrected chi connectivity index (χ1v) is 3.51. The zero-order valence-electron chi connectivity index (χ0n) is 5.95. The maximum atomic E-state index is 10.7. The fourth-order valence-corrected chi connectivity index (χ4v) is 1.40. The molecule has 2 aliphatic rings. The Morgan fingerprint density at radius 1 is 1.17 bits per heavy atom. The van der Waals surface area contributed by atoms with Crippen molar-refractivity contribution in [3.8, 4) is 0 Å². The summed E-state index contributed by atoms with van der Waals surface area (Å²) in [5, 5.41) is 27.2. The van der Waals surface area contributed by atoms with Crippen molar-refractivity contribution in [2.45, 2.75) is 30.7 Å². The zero-order valence-corrected chi connectivity index (χ0v) is 5.95. The molecule has 5 atom stereocenters. The summed E-state index contributed by atoms with van der Waals surface area (Å²) in [5.74, 6) is -0.823. The number of hydrogen-bond donors (Lipinski definition) is 3. The minimum absolute atomic E-state index is 0.823. The van der Waals surface area contributed by atoms with Crippen LogP contribution in [0, 0.1) is 0 Å². The Morgan fingerprint density at radius 3 is 2.42 bits per heavy atom. The minimum Gasteiger partial charge on any atom is -0.454 e. The number of carbonyl (C=O) groups excluding carboxylic acids is 1. The quantitative estimate of drug-likeness (QED) is 0.349. The van der Waals surface area contributed by atoms with Crippen LogP contribution in [-0.2, 0) is 14.3 Å². The maximum Gasteiger partial charge on any atom is 0.338 e. The molecule has 68 valence electrons. The van der Waals surface area contributed by atoms with Gasteiger partial charge in [-0.3, -0.25) is 0 Å². The molecule has 0 saturated carbocycles. The molecule has 2 saturated heterocycles. The van der Waals surface area contributed by atoms with E-state index < -0.39 is 36.7 Å². The van der Waals surface area contributed by atoms with Gasteiger partial charge in [-0.2, -0.15) is 0 Å². The SMILES string of the molecule is O=C1O[C@@H]2[C@H](OC(O)[C@H]2O)[C@H]1O. The molecule has 3 N–H and O–H groups in total. The van der Waals surface area contributed by atoms with E-state index in [1.54, 1.807) is 0 Å². The minimum atomic E-state index is -1.40. The molecular formula is C6H8O6. The number of hydrogen-bond acceptors (Lipinski definition) is 6. The molecule has 2 fully saturated rings. The molecule has 2 heterocycles. The lowest BCUT2D eigenvalue weighted by Crippen LogP contribution is -2.32. The molecule has 0 aromatic carbocycles. The first-order chi connectivity index (χ1) is 5.61. The third kappa shape index (κ3) is 0.862. The Balaban J connectivity index is 2.19. The van der Waals surface area contributed by atoms with Crippen LogP contribution < -0.4 is 0 Å². The van der Waals surface area contributed by atoms with Crippen LogP contribution in [0.2, 0.25) is 0 Å². The average molecular weight is 176 g/mol. The zero-order chi connectivity index (χ0) is 8.88. The Bertz CT molecular complexity index is 216. The molecule has 0 aliphatic carbocycles. The summed E-state index contributed by atoms with van der Waals surface area (Å²) in [4.78, 5) is 10.7. The predicted molar refractivity (Wildman–Crippen MR) is 32.8 cm³/mol. The standard InChI is InChI=1S/C6H8O6/c7-1-3-4(12-5(1)9)2(8)6(10)11-3/h1-5,7-9H/t1-,2+,3-,4+,5?/m0/s1. The predicted octanol–water partition coefficient (Wildman–Crippen LogP) is -2.65. The van der Waals surface area contributed by atoms with Crippen LogP contribution in [0.4, 0.5) is 0 Å². The molecule has 1 unspecified atom stereocenters. The van der Waals surface area contributed by atoms with Crippen molar-refractivity contribution in [1.82, 2.24) is 0 Å². The second kappa shape index (κ2) is 2.40. The summed E-state index contributed by atoms with van der Waals surface area (Å²) in [5.41, 5.74) is 0. The van der Waals surface area contributed by atoms with Crippen LogP contribution in [0.3, 0.4) is 0 Å². The van der Waals surface area contributed by atoms with Gasteiger partial charge in [-0.05, 0) is 0 Å². The van der Waals surface area contributed by atoms with Crippen molar-refractivity contribution in [2.24, 2.45) is 0 Å². The molecule has 2 aliphatic heterocycles. The Kier molecular flexibility index (Phi) is 1.58. The van der Waals surface area contributed by atoms with E-state index in [4.69, 9.17) is 15.3 Å². The lowest BCUT2D eigenvalue weighted by atomic mass is 10.1. The van der Waals surface area contributed by atoms with Crippen molar-refractivity contribution in [1.29, 1.82) is 0 Å². The van der Waals surface area contributed by atoms with E-state index >= 15 is 0 Å². The van der Waals surface area contributed by atoms with E-state index in [0.717, 1.165) is 0 Å². The van der Waals surface area contributed by atoms with Gasteiger partial charge in [0.05, 0.1) is 0 Å². The van der Waals surface area contributed by atoms with Gasteiger partial charge in [-0.15, -0.1) is 0 Å². The van der Waals surface area contributed by atoms with Gasteiger partial charge in [0.2, 0.25) is 0 Å². The molecule has 0 bridgehead atoms. The summed E-state index contributed by atoms with van der Waals surface area (Å²) in [7, 11) is 0. The average Bonchev–Trinajstić information content (AvgIpc) is 2.43. The van der Waals surface area contributed by atoms with Crippen molar-refractivity contribution in [2.75, 3.05) is 0 Å². The van der Waals surface area contributed by atoms with Gasteiger partial charge in [0.15, 0.2) is 18.5 Å². The molecule has 12 heavy (non-hydrogen) atoms. The number of fused-ring (bicyclic) bond motifs is 1. The van der Waals surface area contributed by atoms with E-state index in [-0.39, 0.29) is 0 Å². The third-order valence-corrected chi connectivity index (χ3v) is 2.05. The molecule has 6 heteroatoms. The van der Waals surface area contributed by atoms with Gasteiger partial charge in [0.25, 0.3) is 0 Å². The van der Waals surface area contributed by atoms with Gasteiger partial charge in [0, 0.05) is 0 Å². The molecule has 2 rings (SSSR count). The fourth-order valence-electron chi connectivity index (χ4n) is 1.40. The molecular weight excluding hydrogens is 168 g/mol. The van der Waals surface area contributed by atoms with Crippen molar-refractivity contribution in [3.05, 3.63) is 0 Å². The highest BCUT2D eigenvalue weighted by molar-refractivity contribution is 5.78. The second-order valence-electron chi connectivity index (χ2n) is 2.83. The number of rotatable bonds is 0. The number of aliphatic hydroxyl groups excluding tert-OH is 3. The molecule has 0 radical (unpaired) electrons. The first-order valence-electron chi connectivity index (χ1n) is 3.51. The lowest BCUT2D eigenvalue weighted by Gasteiger charge is -2.10. The maximum absolute atomic E-state index is 10.7. The van der Waals surface area contributed by atoms with E-state index in [2.05, 4.69) is 9.47 Å². The number of ether oxygens (including phenoxy) is 2. The van der Waals surface area contributed by atoms with Gasteiger partial charge in [-0.25, -0.2) is 4.79 Å². The van der Waals surface area contributed by atoms with Crippen LogP contribution >= 0.6 is 0 Å². The summed E-state index contributed by atoms with van der Waals surface area (Å²) in [6.45, 7) is 0. The highest BCUT2D eigenvalue weighted by atomic mass is 16.7. The van der Waals surface area contributed by atoms with E-state index in [0.29, 0.717) is 0 Å². The van der Waals surface area contributed by atoms with Gasteiger partial charge < -0.3 is 24.8 Å². The normalized spacial score (nSPS) is 52.2. The summed E-state index contributed by atoms with van der Waals surface area (Å²) in [6.07, 6.45) is -5.94. The summed E-state index contributed by atoms with van der Waals surface area (Å²) < 4.78 is 9.25. The summed E-state index contributed by atoms with van der Waals surface area (Å²) in [6, 6.07) is 0. The van der Waals surface area contributed by atoms with Gasteiger partial charge >= 0.3 is 5.97 Å². The van der Waals surface area contributed by atoms with Crippen molar-refractivity contribution < 1.29 is 29.6 Å². The topological polar surface area (TPSA) is 96.2 Å². The van der Waals surface area contributed by atoms with Crippen molar-refractivity contribution >= 4 is 5.97 Å². The third-order valence-electron chi connectivity index (χ3n) is 2.05. The second-order valence-corrected chi connectivity index (χ2v) is 2.83. The van der Waals surface area contributed by atoms with Crippen LogP contribution in [0.15, 0.2) is 0 Å². The molecule has 0 aromatic rings. The Labute approximate surface area is 67.3 Å². The number of aliphatic hydroxyl groups is 3. The highest BCUT2D eigenvalue weighted by Crippen LogP contribution is 2.30. The smallest absolute Gasteiger partial charge is 0.338 e. The fraction of sp³-hybridized carbons (Fsp3) is 0.833. The van der Waals surface area contributed by atoms with Crippen LogP contribution in [-0.4, -0.2) is 52.0 Å². The Morgan fingerprint density at radius 2 is 1.83 bits per heavy atom. The van der Waals surface area contributed by atoms with Crippen LogP contribution in [0.1, 0.15) is 0 Å². The first kappa shape index (κ1) is 7.93. The van der Waals surface area contributed by atoms with Gasteiger partial charge in [-0.1, -0.05) is 0 Å². The molecule has 6 nitrogen and oxygen atoms in total. The highest BCUT2D eigenvalue weighted by Gasteiger charge is 2.56. The van der Waals surface area contributed by atoms with Crippen molar-refractivity contribution in [3.63, 3.8) is 0 Å².